The summed E-state index contributed by atoms with van der Waals surface area (Å²) in [5.41, 5.74) is 0. The maximum atomic E-state index is 9.09. The Morgan fingerprint density at radius 2 is 2.36 bits per heavy atom. The molecule has 0 unspecified atom stereocenters. The predicted molar refractivity (Wildman–Crippen MR) is 51.2 cm³/mol. The number of hydrogen-bond acceptors (Lipinski definition) is 5. The average molecular weight is 195 g/mol. The van der Waals surface area contributed by atoms with Gasteiger partial charge in [0.1, 0.15) is 0 Å². The van der Waals surface area contributed by atoms with E-state index in [0.717, 1.165) is 12.8 Å². The van der Waals surface area contributed by atoms with E-state index in [2.05, 4.69) is 15.3 Å². The van der Waals surface area contributed by atoms with Crippen LogP contribution in [0.25, 0.3) is 0 Å². The molecule has 0 atom stereocenters. The number of rotatable bonds is 3. The highest BCUT2D eigenvalue weighted by Crippen LogP contribution is 2.22. The van der Waals surface area contributed by atoms with Gasteiger partial charge in [0.2, 0.25) is 11.8 Å². The van der Waals surface area contributed by atoms with E-state index in [1.54, 1.807) is 19.4 Å². The Morgan fingerprint density at radius 3 is 3.00 bits per heavy atom. The standard InChI is InChI=1S/C9H13N3O2/c1-14-8-2-3-10-9(12-8)11-6-4-7(13)5-6/h2-3,6-7,13H,4-5H2,1H3,(H,10,11,12). The lowest BCUT2D eigenvalue weighted by atomic mass is 9.90. The van der Waals surface area contributed by atoms with Crippen molar-refractivity contribution in [3.05, 3.63) is 12.3 Å². The Kier molecular flexibility index (Phi) is 2.49. The number of methoxy groups -OCH3 is 1. The van der Waals surface area contributed by atoms with Gasteiger partial charge >= 0.3 is 0 Å². The van der Waals surface area contributed by atoms with Crippen LogP contribution in [0.2, 0.25) is 0 Å². The van der Waals surface area contributed by atoms with Gasteiger partial charge in [0.05, 0.1) is 13.2 Å². The number of nitrogens with one attached hydrogen (secondary N) is 1. The van der Waals surface area contributed by atoms with Crippen LogP contribution in [-0.4, -0.2) is 34.3 Å². The van der Waals surface area contributed by atoms with E-state index in [0.29, 0.717) is 11.8 Å². The second kappa shape index (κ2) is 3.79. The smallest absolute Gasteiger partial charge is 0.226 e. The largest absolute Gasteiger partial charge is 0.481 e. The van der Waals surface area contributed by atoms with E-state index in [4.69, 9.17) is 9.84 Å². The van der Waals surface area contributed by atoms with Gasteiger partial charge in [-0.05, 0) is 12.8 Å². The summed E-state index contributed by atoms with van der Waals surface area (Å²) >= 11 is 0. The molecule has 0 spiro atoms. The topological polar surface area (TPSA) is 67.3 Å². The summed E-state index contributed by atoms with van der Waals surface area (Å²) in [6, 6.07) is 1.98. The summed E-state index contributed by atoms with van der Waals surface area (Å²) in [5, 5.41) is 12.2. The molecular weight excluding hydrogens is 182 g/mol. The third-order valence-corrected chi connectivity index (χ3v) is 2.29. The molecule has 1 aromatic heterocycles. The normalized spacial score (nSPS) is 25.3. The highest BCUT2D eigenvalue weighted by Gasteiger charge is 2.27. The summed E-state index contributed by atoms with van der Waals surface area (Å²) in [5.74, 6) is 1.10. The molecule has 14 heavy (non-hydrogen) atoms. The number of hydrogen-bond donors (Lipinski definition) is 2. The van der Waals surface area contributed by atoms with Gasteiger partial charge in [0, 0.05) is 18.3 Å². The maximum Gasteiger partial charge on any atom is 0.226 e. The fourth-order valence-corrected chi connectivity index (χ4v) is 1.41. The summed E-state index contributed by atoms with van der Waals surface area (Å²) < 4.78 is 4.97. The molecule has 1 aliphatic carbocycles. The summed E-state index contributed by atoms with van der Waals surface area (Å²) in [6.45, 7) is 0. The van der Waals surface area contributed by atoms with Crippen LogP contribution in [0.4, 0.5) is 5.95 Å². The van der Waals surface area contributed by atoms with E-state index < -0.39 is 0 Å². The van der Waals surface area contributed by atoms with Crippen LogP contribution in [0, 0.1) is 0 Å². The molecule has 0 radical (unpaired) electrons. The van der Waals surface area contributed by atoms with Gasteiger partial charge in [0.25, 0.3) is 0 Å². The molecule has 1 fully saturated rings. The summed E-state index contributed by atoms with van der Waals surface area (Å²) in [7, 11) is 1.57. The van der Waals surface area contributed by atoms with Crippen molar-refractivity contribution in [3.8, 4) is 5.88 Å². The third-order valence-electron chi connectivity index (χ3n) is 2.29. The molecular formula is C9H13N3O2. The molecule has 2 N–H and O–H groups in total. The van der Waals surface area contributed by atoms with Crippen LogP contribution in [0.5, 0.6) is 5.88 Å². The second-order valence-corrected chi connectivity index (χ2v) is 3.39. The molecule has 0 aromatic carbocycles. The van der Waals surface area contributed by atoms with Crippen LogP contribution in [0.1, 0.15) is 12.8 Å². The number of nitrogens with zero attached hydrogens (tertiary/aromatic N) is 2. The van der Waals surface area contributed by atoms with Crippen LogP contribution >= 0.6 is 0 Å². The zero-order valence-corrected chi connectivity index (χ0v) is 7.97. The number of aliphatic hydroxyl groups excluding tert-OH is 1. The minimum atomic E-state index is -0.168. The Balaban J connectivity index is 1.95. The molecule has 5 heteroatoms. The van der Waals surface area contributed by atoms with Gasteiger partial charge in [-0.2, -0.15) is 4.98 Å². The van der Waals surface area contributed by atoms with Gasteiger partial charge in [-0.3, -0.25) is 0 Å². The van der Waals surface area contributed by atoms with Crippen molar-refractivity contribution >= 4 is 5.95 Å². The molecule has 1 saturated carbocycles. The zero-order chi connectivity index (χ0) is 9.97. The number of aliphatic hydroxyl groups is 1. The van der Waals surface area contributed by atoms with Gasteiger partial charge < -0.3 is 15.2 Å². The Morgan fingerprint density at radius 1 is 1.57 bits per heavy atom. The Hall–Kier alpha value is -1.36. The SMILES string of the molecule is COc1ccnc(NC2CC(O)C2)n1. The van der Waals surface area contributed by atoms with E-state index in [-0.39, 0.29) is 12.1 Å². The van der Waals surface area contributed by atoms with Crippen molar-refractivity contribution in [2.75, 3.05) is 12.4 Å². The van der Waals surface area contributed by atoms with E-state index >= 15 is 0 Å². The van der Waals surface area contributed by atoms with Crippen molar-refractivity contribution in [1.82, 2.24) is 9.97 Å². The van der Waals surface area contributed by atoms with Crippen molar-refractivity contribution in [2.45, 2.75) is 25.0 Å². The number of ether oxygens (including phenoxy) is 1. The second-order valence-electron chi connectivity index (χ2n) is 3.39. The highest BCUT2D eigenvalue weighted by molar-refractivity contribution is 5.29. The van der Waals surface area contributed by atoms with E-state index in [1.807, 2.05) is 0 Å². The average Bonchev–Trinajstić information content (AvgIpc) is 2.16. The molecule has 2 rings (SSSR count). The minimum absolute atomic E-state index is 0.168. The molecule has 0 saturated heterocycles. The Bertz CT molecular complexity index is 313. The Labute approximate surface area is 82.1 Å². The first kappa shape index (κ1) is 9.21. The number of anilines is 1. The molecule has 0 amide bonds. The summed E-state index contributed by atoms with van der Waals surface area (Å²) in [6.07, 6.45) is 3.00. The van der Waals surface area contributed by atoms with Gasteiger partial charge in [-0.1, -0.05) is 0 Å². The van der Waals surface area contributed by atoms with Crippen LogP contribution < -0.4 is 10.1 Å². The van der Waals surface area contributed by atoms with E-state index in [9.17, 15) is 0 Å². The molecule has 0 bridgehead atoms. The molecule has 1 heterocycles. The van der Waals surface area contributed by atoms with Crippen molar-refractivity contribution in [2.24, 2.45) is 0 Å². The van der Waals surface area contributed by atoms with Gasteiger partial charge in [-0.15, -0.1) is 0 Å². The van der Waals surface area contributed by atoms with Crippen molar-refractivity contribution in [1.29, 1.82) is 0 Å². The fraction of sp³-hybridized carbons (Fsp3) is 0.556. The van der Waals surface area contributed by atoms with E-state index in [1.165, 1.54) is 0 Å². The predicted octanol–water partition coefficient (Wildman–Crippen LogP) is 0.420. The third kappa shape index (κ3) is 1.93. The molecule has 76 valence electrons. The lowest BCUT2D eigenvalue weighted by Gasteiger charge is -2.31. The lowest BCUT2D eigenvalue weighted by molar-refractivity contribution is 0.0834. The molecule has 1 aliphatic rings. The number of aromatic nitrogens is 2. The molecule has 1 aromatic rings. The maximum absolute atomic E-state index is 9.09. The van der Waals surface area contributed by atoms with Crippen LogP contribution in [0.3, 0.4) is 0 Å². The zero-order valence-electron chi connectivity index (χ0n) is 7.97. The van der Waals surface area contributed by atoms with Gasteiger partial charge in [0.15, 0.2) is 0 Å². The summed E-state index contributed by atoms with van der Waals surface area (Å²) in [4.78, 5) is 8.16. The first-order valence-electron chi connectivity index (χ1n) is 4.59. The van der Waals surface area contributed by atoms with Crippen molar-refractivity contribution in [3.63, 3.8) is 0 Å². The minimum Gasteiger partial charge on any atom is -0.481 e. The van der Waals surface area contributed by atoms with Gasteiger partial charge in [-0.25, -0.2) is 4.98 Å². The highest BCUT2D eigenvalue weighted by atomic mass is 16.5. The van der Waals surface area contributed by atoms with Crippen LogP contribution in [-0.2, 0) is 0 Å². The first-order chi connectivity index (χ1) is 6.78. The van der Waals surface area contributed by atoms with Crippen LogP contribution in [0.15, 0.2) is 12.3 Å². The molecule has 0 aliphatic heterocycles. The lowest BCUT2D eigenvalue weighted by Crippen LogP contribution is -2.39. The monoisotopic (exact) mass is 195 g/mol. The first-order valence-corrected chi connectivity index (χ1v) is 4.59. The molecule has 5 nitrogen and oxygen atoms in total. The van der Waals surface area contributed by atoms with Crippen molar-refractivity contribution < 1.29 is 9.84 Å². The fourth-order valence-electron chi connectivity index (χ4n) is 1.41. The quantitative estimate of drug-likeness (QED) is 0.731.